The normalized spacial score (nSPS) is 22.3. The number of amides is 2. The second kappa shape index (κ2) is 6.50. The number of nitrogens with zero attached hydrogens (tertiary/aromatic N) is 1. The minimum absolute atomic E-state index is 0.0118. The molecule has 1 fully saturated rings. The standard InChI is InChI=1S/C16H11ClN2O4S3/c17-13-6-5-9(24-13)7-19-8-11(14-15(20)18-16(21)25-14)10-3-1-2-4-12(10)26(19,22)23/h1-6H,7-8H2,(H,18,20,21)/b14-11-. The van der Waals surface area contributed by atoms with Crippen LogP contribution in [0.4, 0.5) is 4.79 Å². The predicted molar refractivity (Wildman–Crippen MR) is 101 cm³/mol. The third kappa shape index (κ3) is 2.99. The maximum absolute atomic E-state index is 13.0. The number of imide groups is 1. The van der Waals surface area contributed by atoms with Crippen LogP contribution in [0, 0.1) is 0 Å². The predicted octanol–water partition coefficient (Wildman–Crippen LogP) is 3.30. The lowest BCUT2D eigenvalue weighted by Gasteiger charge is -2.30. The minimum Gasteiger partial charge on any atom is -0.282 e. The molecule has 134 valence electrons. The van der Waals surface area contributed by atoms with Crippen LogP contribution in [0.5, 0.6) is 0 Å². The highest BCUT2D eigenvalue weighted by atomic mass is 35.5. The van der Waals surface area contributed by atoms with Crippen molar-refractivity contribution in [3.63, 3.8) is 0 Å². The Hall–Kier alpha value is -1.65. The second-order valence-electron chi connectivity index (χ2n) is 5.63. The Morgan fingerprint density at radius 1 is 1.15 bits per heavy atom. The molecule has 0 bridgehead atoms. The molecule has 0 radical (unpaired) electrons. The molecule has 0 spiro atoms. The quantitative estimate of drug-likeness (QED) is 0.745. The molecular formula is C16H11ClN2O4S3. The zero-order valence-electron chi connectivity index (χ0n) is 13.1. The van der Waals surface area contributed by atoms with Gasteiger partial charge in [-0.25, -0.2) is 8.42 Å². The highest BCUT2D eigenvalue weighted by Crippen LogP contribution is 2.40. The van der Waals surface area contributed by atoms with Gasteiger partial charge in [0, 0.05) is 23.5 Å². The Morgan fingerprint density at radius 2 is 1.92 bits per heavy atom. The number of fused-ring (bicyclic) bond motifs is 1. The smallest absolute Gasteiger partial charge is 0.282 e. The first kappa shape index (κ1) is 17.7. The lowest BCUT2D eigenvalue weighted by atomic mass is 10.0. The van der Waals surface area contributed by atoms with E-state index < -0.39 is 21.2 Å². The zero-order chi connectivity index (χ0) is 18.5. The summed E-state index contributed by atoms with van der Waals surface area (Å²) >= 11 is 8.04. The zero-order valence-corrected chi connectivity index (χ0v) is 16.3. The topological polar surface area (TPSA) is 83.6 Å². The molecule has 0 aliphatic carbocycles. The number of hydrogen-bond acceptors (Lipinski definition) is 6. The fourth-order valence-electron chi connectivity index (χ4n) is 2.88. The molecule has 2 aliphatic rings. The summed E-state index contributed by atoms with van der Waals surface area (Å²) in [7, 11) is -3.73. The van der Waals surface area contributed by atoms with Crippen molar-refractivity contribution in [3.8, 4) is 0 Å². The van der Waals surface area contributed by atoms with Crippen LogP contribution in [0.3, 0.4) is 0 Å². The summed E-state index contributed by atoms with van der Waals surface area (Å²) in [6.07, 6.45) is 0. The number of hydrogen-bond donors (Lipinski definition) is 1. The van der Waals surface area contributed by atoms with Gasteiger partial charge in [-0.3, -0.25) is 14.9 Å². The third-order valence-corrected chi connectivity index (χ3v) is 8.01. The van der Waals surface area contributed by atoms with Gasteiger partial charge in [0.05, 0.1) is 14.1 Å². The summed E-state index contributed by atoms with van der Waals surface area (Å²) in [6, 6.07) is 10.0. The van der Waals surface area contributed by atoms with E-state index in [0.29, 0.717) is 15.5 Å². The van der Waals surface area contributed by atoms with Crippen molar-refractivity contribution in [2.24, 2.45) is 0 Å². The van der Waals surface area contributed by atoms with Crippen molar-refractivity contribution in [3.05, 3.63) is 56.1 Å². The van der Waals surface area contributed by atoms with E-state index in [4.69, 9.17) is 11.6 Å². The largest absolute Gasteiger partial charge is 0.290 e. The molecule has 26 heavy (non-hydrogen) atoms. The summed E-state index contributed by atoms with van der Waals surface area (Å²) in [5, 5.41) is 1.77. The number of benzene rings is 1. The average Bonchev–Trinajstić information content (AvgIpc) is 3.15. The van der Waals surface area contributed by atoms with Crippen molar-refractivity contribution in [2.45, 2.75) is 11.4 Å². The van der Waals surface area contributed by atoms with Crippen LogP contribution in [-0.2, 0) is 21.4 Å². The van der Waals surface area contributed by atoms with Gasteiger partial charge in [0.25, 0.3) is 11.1 Å². The van der Waals surface area contributed by atoms with Gasteiger partial charge in [-0.15, -0.1) is 11.3 Å². The molecule has 1 N–H and O–H groups in total. The molecule has 1 aromatic heterocycles. The molecule has 1 aromatic carbocycles. The Kier molecular flexibility index (Phi) is 4.44. The maximum atomic E-state index is 13.0. The Morgan fingerprint density at radius 3 is 2.58 bits per heavy atom. The van der Waals surface area contributed by atoms with Gasteiger partial charge < -0.3 is 0 Å². The maximum Gasteiger partial charge on any atom is 0.290 e. The highest BCUT2D eigenvalue weighted by molar-refractivity contribution is 8.18. The van der Waals surface area contributed by atoms with Crippen molar-refractivity contribution >= 4 is 61.4 Å². The van der Waals surface area contributed by atoms with Crippen molar-refractivity contribution in [1.82, 2.24) is 9.62 Å². The van der Waals surface area contributed by atoms with Crippen LogP contribution >= 0.6 is 34.7 Å². The van der Waals surface area contributed by atoms with Crippen LogP contribution in [0.2, 0.25) is 4.34 Å². The number of thiophene rings is 1. The van der Waals surface area contributed by atoms with Crippen LogP contribution in [0.15, 0.2) is 46.2 Å². The van der Waals surface area contributed by atoms with Crippen molar-refractivity contribution in [1.29, 1.82) is 0 Å². The fourth-order valence-corrected chi connectivity index (χ4v) is 6.45. The fraction of sp³-hybridized carbons (Fsp3) is 0.125. The molecule has 10 heteroatoms. The third-order valence-electron chi connectivity index (χ3n) is 4.02. The summed E-state index contributed by atoms with van der Waals surface area (Å²) in [4.78, 5) is 24.9. The van der Waals surface area contributed by atoms with Gasteiger partial charge in [0.1, 0.15) is 0 Å². The molecule has 2 amide bonds. The summed E-state index contributed by atoms with van der Waals surface area (Å²) in [5.74, 6) is -0.497. The van der Waals surface area contributed by atoms with E-state index in [-0.39, 0.29) is 22.9 Å². The molecular weight excluding hydrogens is 416 g/mol. The number of halogens is 1. The van der Waals surface area contributed by atoms with E-state index in [1.807, 2.05) is 0 Å². The SMILES string of the molecule is O=C1NC(=O)/C(=C2\CN(Cc3ccc(Cl)s3)S(=O)(=O)c3ccccc32)S1. The molecule has 3 heterocycles. The number of nitrogens with one attached hydrogen (secondary N) is 1. The van der Waals surface area contributed by atoms with Crippen molar-refractivity contribution < 1.29 is 18.0 Å². The van der Waals surface area contributed by atoms with E-state index in [2.05, 4.69) is 5.32 Å². The van der Waals surface area contributed by atoms with Gasteiger partial charge in [-0.05, 0) is 35.5 Å². The molecule has 4 rings (SSSR count). The molecule has 0 atom stereocenters. The first-order valence-electron chi connectivity index (χ1n) is 7.46. The van der Waals surface area contributed by atoms with E-state index in [1.54, 1.807) is 30.3 Å². The number of sulfonamides is 1. The highest BCUT2D eigenvalue weighted by Gasteiger charge is 2.38. The van der Waals surface area contributed by atoms with E-state index in [9.17, 15) is 18.0 Å². The van der Waals surface area contributed by atoms with E-state index in [0.717, 1.165) is 16.6 Å². The van der Waals surface area contributed by atoms with Crippen LogP contribution in [0.25, 0.3) is 5.57 Å². The second-order valence-corrected chi connectivity index (χ2v) is 10.3. The Bertz CT molecular complexity index is 1070. The van der Waals surface area contributed by atoms with E-state index >= 15 is 0 Å². The first-order chi connectivity index (χ1) is 12.4. The lowest BCUT2D eigenvalue weighted by molar-refractivity contribution is -0.115. The first-order valence-corrected chi connectivity index (χ1v) is 10.9. The molecule has 0 saturated carbocycles. The van der Waals surface area contributed by atoms with E-state index in [1.165, 1.54) is 21.7 Å². The molecule has 0 unspecified atom stereocenters. The summed E-state index contributed by atoms with van der Waals surface area (Å²) < 4.78 is 27.9. The molecule has 6 nitrogen and oxygen atoms in total. The monoisotopic (exact) mass is 426 g/mol. The van der Waals surface area contributed by atoms with Gasteiger partial charge in [-0.1, -0.05) is 29.8 Å². The molecule has 1 saturated heterocycles. The van der Waals surface area contributed by atoms with Gasteiger partial charge in [0.2, 0.25) is 10.0 Å². The number of rotatable bonds is 2. The van der Waals surface area contributed by atoms with Crippen LogP contribution in [0.1, 0.15) is 10.4 Å². The van der Waals surface area contributed by atoms with Crippen LogP contribution < -0.4 is 5.32 Å². The number of carbonyl (C=O) groups excluding carboxylic acids is 2. The average molecular weight is 427 g/mol. The number of carbonyl (C=O) groups is 2. The molecule has 2 aliphatic heterocycles. The minimum atomic E-state index is -3.73. The Balaban J connectivity index is 1.85. The van der Waals surface area contributed by atoms with Crippen molar-refractivity contribution in [2.75, 3.05) is 6.54 Å². The van der Waals surface area contributed by atoms with Gasteiger partial charge >= 0.3 is 0 Å². The number of thioether (sulfide) groups is 1. The van der Waals surface area contributed by atoms with Gasteiger partial charge in [-0.2, -0.15) is 4.31 Å². The van der Waals surface area contributed by atoms with Crippen LogP contribution in [-0.4, -0.2) is 30.4 Å². The lowest BCUT2D eigenvalue weighted by Crippen LogP contribution is -2.36. The van der Waals surface area contributed by atoms with Gasteiger partial charge in [0.15, 0.2) is 0 Å². The molecule has 2 aromatic rings. The summed E-state index contributed by atoms with van der Waals surface area (Å²) in [6.45, 7) is 0.156. The Labute approximate surface area is 162 Å². The summed E-state index contributed by atoms with van der Waals surface area (Å²) in [5.41, 5.74) is 0.992.